The molecule has 0 aliphatic rings. The van der Waals surface area contributed by atoms with E-state index < -0.39 is 5.60 Å². The predicted octanol–water partition coefficient (Wildman–Crippen LogP) is 2.73. The maximum absolute atomic E-state index is 12.4. The number of carbonyl (C=O) groups excluding carboxylic acids is 1. The van der Waals surface area contributed by atoms with Crippen LogP contribution in [0.2, 0.25) is 0 Å². The Balaban J connectivity index is 2.11. The number of aryl methyl sites for hydroxylation is 1. The first kappa shape index (κ1) is 16.7. The van der Waals surface area contributed by atoms with Crippen molar-refractivity contribution in [2.24, 2.45) is 0 Å². The second-order valence-corrected chi connectivity index (χ2v) is 6.82. The van der Waals surface area contributed by atoms with Gasteiger partial charge >= 0.3 is 0 Å². The van der Waals surface area contributed by atoms with Crippen molar-refractivity contribution in [3.05, 3.63) is 39.8 Å². The van der Waals surface area contributed by atoms with Crippen LogP contribution in [-0.2, 0) is 12.1 Å². The summed E-state index contributed by atoms with van der Waals surface area (Å²) in [6.45, 7) is 8.61. The molecular formula is C16H23N3O2S. The van der Waals surface area contributed by atoms with Gasteiger partial charge < -0.3 is 10.4 Å². The lowest BCUT2D eigenvalue weighted by atomic mass is 10.0. The van der Waals surface area contributed by atoms with E-state index in [0.717, 1.165) is 17.1 Å². The van der Waals surface area contributed by atoms with Crippen LogP contribution in [0.15, 0.2) is 23.7 Å². The second-order valence-electron chi connectivity index (χ2n) is 5.87. The lowest BCUT2D eigenvalue weighted by molar-refractivity contribution is 0.0556. The molecule has 0 fully saturated rings. The van der Waals surface area contributed by atoms with Crippen molar-refractivity contribution < 1.29 is 9.90 Å². The monoisotopic (exact) mass is 321 g/mol. The van der Waals surface area contributed by atoms with Crippen LogP contribution in [0.4, 0.5) is 0 Å². The van der Waals surface area contributed by atoms with Crippen molar-refractivity contribution in [3.63, 3.8) is 0 Å². The molecule has 0 saturated carbocycles. The van der Waals surface area contributed by atoms with E-state index in [1.165, 1.54) is 11.3 Å². The fourth-order valence-electron chi connectivity index (χ4n) is 2.22. The third kappa shape index (κ3) is 3.56. The highest BCUT2D eigenvalue weighted by molar-refractivity contribution is 7.10. The van der Waals surface area contributed by atoms with Gasteiger partial charge in [-0.05, 0) is 31.2 Å². The highest BCUT2D eigenvalue weighted by Crippen LogP contribution is 2.25. The SMILES string of the molecule is CCn1cc(C(=O)NC[C@](C)(O)c2cccs2)c(C(C)C)n1. The summed E-state index contributed by atoms with van der Waals surface area (Å²) in [6.07, 6.45) is 1.77. The molecule has 0 saturated heterocycles. The maximum atomic E-state index is 12.4. The van der Waals surface area contributed by atoms with Gasteiger partial charge in [0.25, 0.3) is 5.91 Å². The van der Waals surface area contributed by atoms with E-state index in [9.17, 15) is 9.90 Å². The van der Waals surface area contributed by atoms with E-state index in [-0.39, 0.29) is 18.4 Å². The minimum absolute atomic E-state index is 0.168. The molecule has 5 nitrogen and oxygen atoms in total. The summed E-state index contributed by atoms with van der Waals surface area (Å²) in [6, 6.07) is 3.75. The second kappa shape index (κ2) is 6.62. The third-order valence-electron chi connectivity index (χ3n) is 3.55. The van der Waals surface area contributed by atoms with Crippen molar-refractivity contribution in [1.82, 2.24) is 15.1 Å². The van der Waals surface area contributed by atoms with Crippen LogP contribution in [0.1, 0.15) is 54.5 Å². The average molecular weight is 321 g/mol. The Morgan fingerprint density at radius 2 is 2.27 bits per heavy atom. The summed E-state index contributed by atoms with van der Waals surface area (Å²) in [5.74, 6) is -0.0217. The standard InChI is InChI=1S/C16H23N3O2S/c1-5-19-9-12(14(18-19)11(2)3)15(20)17-10-16(4,21)13-7-6-8-22-13/h6-9,11,21H,5,10H2,1-4H3,(H,17,20)/t16-/m0/s1. The van der Waals surface area contributed by atoms with Crippen LogP contribution in [0.25, 0.3) is 0 Å². The van der Waals surface area contributed by atoms with Gasteiger partial charge in [0.2, 0.25) is 0 Å². The molecule has 2 aromatic heterocycles. The molecular weight excluding hydrogens is 298 g/mol. The van der Waals surface area contributed by atoms with Gasteiger partial charge in [-0.15, -0.1) is 11.3 Å². The first-order valence-corrected chi connectivity index (χ1v) is 8.35. The van der Waals surface area contributed by atoms with Gasteiger partial charge in [-0.25, -0.2) is 0 Å². The van der Waals surface area contributed by atoms with Gasteiger partial charge in [-0.2, -0.15) is 5.10 Å². The van der Waals surface area contributed by atoms with Crippen molar-refractivity contribution in [2.45, 2.75) is 45.8 Å². The number of hydrogen-bond acceptors (Lipinski definition) is 4. The van der Waals surface area contributed by atoms with Crippen LogP contribution < -0.4 is 5.32 Å². The first-order valence-electron chi connectivity index (χ1n) is 7.47. The minimum Gasteiger partial charge on any atom is -0.383 e. The Morgan fingerprint density at radius 3 is 2.82 bits per heavy atom. The lowest BCUT2D eigenvalue weighted by Crippen LogP contribution is -2.38. The van der Waals surface area contributed by atoms with Crippen LogP contribution in [0.3, 0.4) is 0 Å². The number of aromatic nitrogens is 2. The van der Waals surface area contributed by atoms with Crippen LogP contribution >= 0.6 is 11.3 Å². The number of carbonyl (C=O) groups is 1. The van der Waals surface area contributed by atoms with Gasteiger partial charge in [0.1, 0.15) is 5.60 Å². The summed E-state index contributed by atoms with van der Waals surface area (Å²) >= 11 is 1.48. The summed E-state index contributed by atoms with van der Waals surface area (Å²) in [4.78, 5) is 13.3. The lowest BCUT2D eigenvalue weighted by Gasteiger charge is -2.22. The number of thiophene rings is 1. The number of nitrogens with one attached hydrogen (secondary N) is 1. The molecule has 0 bridgehead atoms. The van der Waals surface area contributed by atoms with Gasteiger partial charge in [0.05, 0.1) is 17.8 Å². The fraction of sp³-hybridized carbons (Fsp3) is 0.500. The molecule has 0 aliphatic heterocycles. The molecule has 0 spiro atoms. The quantitative estimate of drug-likeness (QED) is 0.859. The van der Waals surface area contributed by atoms with Crippen LogP contribution in [-0.4, -0.2) is 27.3 Å². The third-order valence-corrected chi connectivity index (χ3v) is 4.67. The fourth-order valence-corrected chi connectivity index (χ4v) is 3.01. The minimum atomic E-state index is -1.07. The molecule has 6 heteroatoms. The summed E-state index contributed by atoms with van der Waals surface area (Å²) in [7, 11) is 0. The Labute approximate surface area is 135 Å². The molecule has 2 aromatic rings. The molecule has 0 aliphatic carbocycles. The molecule has 120 valence electrons. The molecule has 2 heterocycles. The largest absolute Gasteiger partial charge is 0.383 e. The normalized spacial score (nSPS) is 14.1. The predicted molar refractivity (Wildman–Crippen MR) is 88.2 cm³/mol. The molecule has 0 radical (unpaired) electrons. The zero-order valence-electron chi connectivity index (χ0n) is 13.5. The number of rotatable bonds is 6. The van der Waals surface area contributed by atoms with E-state index in [1.54, 1.807) is 17.8 Å². The number of nitrogens with zero attached hydrogens (tertiary/aromatic N) is 2. The van der Waals surface area contributed by atoms with Gasteiger partial charge in [-0.3, -0.25) is 9.48 Å². The smallest absolute Gasteiger partial charge is 0.254 e. The zero-order valence-corrected chi connectivity index (χ0v) is 14.3. The molecule has 2 rings (SSSR count). The topological polar surface area (TPSA) is 67.2 Å². The highest BCUT2D eigenvalue weighted by Gasteiger charge is 2.26. The number of aliphatic hydroxyl groups is 1. The average Bonchev–Trinajstić information content (AvgIpc) is 3.13. The molecule has 1 atom stereocenters. The molecule has 0 unspecified atom stereocenters. The van der Waals surface area contributed by atoms with E-state index in [4.69, 9.17) is 0 Å². The van der Waals surface area contributed by atoms with E-state index >= 15 is 0 Å². The molecule has 1 amide bonds. The number of hydrogen-bond donors (Lipinski definition) is 2. The van der Waals surface area contributed by atoms with E-state index in [2.05, 4.69) is 10.4 Å². The van der Waals surface area contributed by atoms with Gasteiger partial charge in [-0.1, -0.05) is 19.9 Å². The maximum Gasteiger partial charge on any atom is 0.254 e. The number of amides is 1. The Kier molecular flexibility index (Phi) is 5.03. The van der Waals surface area contributed by atoms with Crippen LogP contribution in [0.5, 0.6) is 0 Å². The van der Waals surface area contributed by atoms with Gasteiger partial charge in [0, 0.05) is 17.6 Å². The Morgan fingerprint density at radius 1 is 1.55 bits per heavy atom. The van der Waals surface area contributed by atoms with Gasteiger partial charge in [0.15, 0.2) is 0 Å². The van der Waals surface area contributed by atoms with Crippen molar-refractivity contribution in [2.75, 3.05) is 6.54 Å². The molecule has 22 heavy (non-hydrogen) atoms. The van der Waals surface area contributed by atoms with E-state index in [0.29, 0.717) is 5.56 Å². The van der Waals surface area contributed by atoms with Crippen molar-refractivity contribution in [3.8, 4) is 0 Å². The highest BCUT2D eigenvalue weighted by atomic mass is 32.1. The van der Waals surface area contributed by atoms with Crippen LogP contribution in [0, 0.1) is 0 Å². The summed E-state index contributed by atoms with van der Waals surface area (Å²) in [5.41, 5.74) is 0.303. The zero-order chi connectivity index (χ0) is 16.3. The molecule has 0 aromatic carbocycles. The first-order chi connectivity index (χ1) is 10.3. The van der Waals surface area contributed by atoms with Crippen molar-refractivity contribution in [1.29, 1.82) is 0 Å². The van der Waals surface area contributed by atoms with Crippen molar-refractivity contribution >= 4 is 17.2 Å². The Bertz CT molecular complexity index is 630. The van der Waals surface area contributed by atoms with E-state index in [1.807, 2.05) is 38.3 Å². The molecule has 2 N–H and O–H groups in total. The summed E-state index contributed by atoms with van der Waals surface area (Å²) < 4.78 is 1.77. The Hall–Kier alpha value is -1.66. The summed E-state index contributed by atoms with van der Waals surface area (Å²) in [5, 5.41) is 19.6.